The summed E-state index contributed by atoms with van der Waals surface area (Å²) in [5.41, 5.74) is 2.37. The van der Waals surface area contributed by atoms with Gasteiger partial charge in [-0.25, -0.2) is 15.0 Å². The lowest BCUT2D eigenvalue weighted by Gasteiger charge is -2.24. The maximum absolute atomic E-state index is 4.61. The molecule has 0 unspecified atom stereocenters. The normalized spacial score (nSPS) is 18.9. The first-order valence-electron chi connectivity index (χ1n) is 7.43. The van der Waals surface area contributed by atoms with Gasteiger partial charge in [0.05, 0.1) is 11.7 Å². The van der Waals surface area contributed by atoms with Crippen molar-refractivity contribution in [1.82, 2.24) is 19.9 Å². The maximum Gasteiger partial charge on any atom is 0.130 e. The van der Waals surface area contributed by atoms with E-state index in [9.17, 15) is 0 Å². The predicted octanol–water partition coefficient (Wildman–Crippen LogP) is 2.56. The van der Waals surface area contributed by atoms with Crippen molar-refractivity contribution < 1.29 is 0 Å². The fraction of sp³-hybridized carbons (Fsp3) is 0.438. The Morgan fingerprint density at radius 2 is 2.19 bits per heavy atom. The number of aryl methyl sites for hydroxylation is 1. The zero-order valence-corrected chi connectivity index (χ0v) is 12.6. The van der Waals surface area contributed by atoms with Gasteiger partial charge in [0, 0.05) is 31.5 Å². The summed E-state index contributed by atoms with van der Waals surface area (Å²) >= 11 is 0. The van der Waals surface area contributed by atoms with Crippen LogP contribution >= 0.6 is 0 Å². The van der Waals surface area contributed by atoms with Crippen LogP contribution in [0.1, 0.15) is 36.0 Å². The van der Waals surface area contributed by atoms with E-state index >= 15 is 0 Å². The summed E-state index contributed by atoms with van der Waals surface area (Å²) < 4.78 is 0. The Labute approximate surface area is 125 Å². The molecule has 21 heavy (non-hydrogen) atoms. The molecule has 0 bridgehead atoms. The van der Waals surface area contributed by atoms with Gasteiger partial charge in [-0.3, -0.25) is 4.90 Å². The fourth-order valence-corrected chi connectivity index (χ4v) is 3.02. The highest BCUT2D eigenvalue weighted by molar-refractivity contribution is 5.43. The van der Waals surface area contributed by atoms with Gasteiger partial charge in [-0.15, -0.1) is 0 Å². The average Bonchev–Trinajstić information content (AvgIpc) is 2.96. The van der Waals surface area contributed by atoms with E-state index in [1.54, 1.807) is 0 Å². The van der Waals surface area contributed by atoms with Crippen LogP contribution in [0, 0.1) is 6.92 Å². The number of hydrogen-bond acceptors (Lipinski definition) is 5. The third kappa shape index (κ3) is 3.03. The summed E-state index contributed by atoms with van der Waals surface area (Å²) in [6, 6.07) is 6.56. The second-order valence-corrected chi connectivity index (χ2v) is 5.42. The molecule has 2 aromatic heterocycles. The van der Waals surface area contributed by atoms with E-state index in [0.29, 0.717) is 6.04 Å². The molecule has 2 aromatic rings. The molecule has 5 nitrogen and oxygen atoms in total. The predicted molar refractivity (Wildman–Crippen MR) is 82.9 cm³/mol. The van der Waals surface area contributed by atoms with Crippen molar-refractivity contribution in [2.24, 2.45) is 0 Å². The van der Waals surface area contributed by atoms with Gasteiger partial charge in [0.15, 0.2) is 0 Å². The molecule has 1 fully saturated rings. The van der Waals surface area contributed by atoms with Gasteiger partial charge in [0.1, 0.15) is 11.6 Å². The highest BCUT2D eigenvalue weighted by atomic mass is 15.2. The molecule has 0 saturated carbocycles. The Bertz CT molecular complexity index is 613. The van der Waals surface area contributed by atoms with Crippen molar-refractivity contribution in [1.29, 1.82) is 0 Å². The molecule has 1 aliphatic heterocycles. The summed E-state index contributed by atoms with van der Waals surface area (Å²) in [5, 5.41) is 3.17. The third-order valence-corrected chi connectivity index (χ3v) is 4.00. The van der Waals surface area contributed by atoms with Crippen molar-refractivity contribution in [2.45, 2.75) is 32.4 Å². The molecular formula is C16H21N5. The molecule has 1 atom stereocenters. The topological polar surface area (TPSA) is 53.9 Å². The molecule has 5 heteroatoms. The molecule has 0 aromatic carbocycles. The van der Waals surface area contributed by atoms with E-state index < -0.39 is 0 Å². The smallest absolute Gasteiger partial charge is 0.130 e. The van der Waals surface area contributed by atoms with Crippen LogP contribution in [-0.4, -0.2) is 33.4 Å². The van der Waals surface area contributed by atoms with Crippen molar-refractivity contribution in [3.8, 4) is 0 Å². The van der Waals surface area contributed by atoms with E-state index in [0.717, 1.165) is 36.8 Å². The number of likely N-dealkylation sites (tertiary alicyclic amines) is 1. The van der Waals surface area contributed by atoms with E-state index in [2.05, 4.69) is 31.2 Å². The molecule has 1 saturated heterocycles. The highest BCUT2D eigenvalue weighted by Gasteiger charge is 2.27. The van der Waals surface area contributed by atoms with Gasteiger partial charge >= 0.3 is 0 Å². The van der Waals surface area contributed by atoms with E-state index in [4.69, 9.17) is 0 Å². The van der Waals surface area contributed by atoms with Crippen molar-refractivity contribution >= 4 is 5.82 Å². The zero-order valence-electron chi connectivity index (χ0n) is 12.6. The van der Waals surface area contributed by atoms with Crippen LogP contribution in [0.3, 0.4) is 0 Å². The SMILES string of the molecule is CNc1ncccc1CN1CCC[C@H]1c1ccnc(C)n1. The lowest BCUT2D eigenvalue weighted by molar-refractivity contribution is 0.244. The molecule has 110 valence electrons. The molecule has 0 aliphatic carbocycles. The molecule has 0 radical (unpaired) electrons. The summed E-state index contributed by atoms with van der Waals surface area (Å²) in [7, 11) is 1.92. The molecular weight excluding hydrogens is 262 g/mol. The van der Waals surface area contributed by atoms with E-state index in [1.807, 2.05) is 38.5 Å². The minimum Gasteiger partial charge on any atom is -0.373 e. The number of rotatable bonds is 4. The number of anilines is 1. The number of pyridine rings is 1. The van der Waals surface area contributed by atoms with Crippen LogP contribution < -0.4 is 5.32 Å². The lowest BCUT2D eigenvalue weighted by atomic mass is 10.1. The Balaban J connectivity index is 1.81. The van der Waals surface area contributed by atoms with Crippen LogP contribution in [0.2, 0.25) is 0 Å². The van der Waals surface area contributed by atoms with Crippen molar-refractivity contribution in [3.63, 3.8) is 0 Å². The van der Waals surface area contributed by atoms with Crippen LogP contribution in [0.5, 0.6) is 0 Å². The monoisotopic (exact) mass is 283 g/mol. The summed E-state index contributed by atoms with van der Waals surface area (Å²) in [6.07, 6.45) is 6.05. The third-order valence-electron chi connectivity index (χ3n) is 4.00. The van der Waals surface area contributed by atoms with Crippen LogP contribution in [0.4, 0.5) is 5.82 Å². The maximum atomic E-state index is 4.61. The second kappa shape index (κ2) is 6.18. The molecule has 0 spiro atoms. The lowest BCUT2D eigenvalue weighted by Crippen LogP contribution is -2.24. The van der Waals surface area contributed by atoms with Crippen LogP contribution in [0.15, 0.2) is 30.6 Å². The number of nitrogens with zero attached hydrogens (tertiary/aromatic N) is 4. The average molecular weight is 283 g/mol. The standard InChI is InChI=1S/C16H21N5/c1-12-18-9-7-14(20-12)15-6-4-10-21(15)11-13-5-3-8-19-16(13)17-2/h3,5,7-9,15H,4,6,10-11H2,1-2H3,(H,17,19)/t15-/m0/s1. The first kappa shape index (κ1) is 13.9. The van der Waals surface area contributed by atoms with E-state index in [1.165, 1.54) is 12.0 Å². The molecule has 1 aliphatic rings. The second-order valence-electron chi connectivity index (χ2n) is 5.42. The molecule has 3 rings (SSSR count). The number of hydrogen-bond donors (Lipinski definition) is 1. The van der Waals surface area contributed by atoms with Gasteiger partial charge in [-0.2, -0.15) is 0 Å². The zero-order chi connectivity index (χ0) is 14.7. The van der Waals surface area contributed by atoms with Crippen LogP contribution in [0.25, 0.3) is 0 Å². The Kier molecular flexibility index (Phi) is 4.10. The van der Waals surface area contributed by atoms with E-state index in [-0.39, 0.29) is 0 Å². The van der Waals surface area contributed by atoms with Crippen LogP contribution in [-0.2, 0) is 6.54 Å². The first-order valence-corrected chi connectivity index (χ1v) is 7.43. The van der Waals surface area contributed by atoms with Gasteiger partial charge in [-0.1, -0.05) is 6.07 Å². The molecule has 3 heterocycles. The van der Waals surface area contributed by atoms with Gasteiger partial charge in [0.2, 0.25) is 0 Å². The number of aromatic nitrogens is 3. The van der Waals surface area contributed by atoms with Gasteiger partial charge in [0.25, 0.3) is 0 Å². The van der Waals surface area contributed by atoms with Gasteiger partial charge in [-0.05, 0) is 38.4 Å². The number of nitrogens with one attached hydrogen (secondary N) is 1. The quantitative estimate of drug-likeness (QED) is 0.934. The minimum atomic E-state index is 0.386. The first-order chi connectivity index (χ1) is 10.3. The van der Waals surface area contributed by atoms with Crippen molar-refractivity contribution in [2.75, 3.05) is 18.9 Å². The molecule has 1 N–H and O–H groups in total. The highest BCUT2D eigenvalue weighted by Crippen LogP contribution is 2.32. The largest absolute Gasteiger partial charge is 0.373 e. The minimum absolute atomic E-state index is 0.386. The summed E-state index contributed by atoms with van der Waals surface area (Å²) in [6.45, 7) is 3.95. The molecule has 0 amide bonds. The summed E-state index contributed by atoms with van der Waals surface area (Å²) in [5.74, 6) is 1.80. The Morgan fingerprint density at radius 3 is 3.00 bits per heavy atom. The fourth-order valence-electron chi connectivity index (χ4n) is 3.02. The summed E-state index contributed by atoms with van der Waals surface area (Å²) in [4.78, 5) is 15.7. The van der Waals surface area contributed by atoms with Gasteiger partial charge < -0.3 is 5.32 Å². The van der Waals surface area contributed by atoms with Crippen molar-refractivity contribution in [3.05, 3.63) is 47.7 Å². The Hall–Kier alpha value is -2.01. The Morgan fingerprint density at radius 1 is 1.29 bits per heavy atom.